The zero-order chi connectivity index (χ0) is 13.6. The predicted octanol–water partition coefficient (Wildman–Crippen LogP) is 5.64. The molecule has 0 aromatic heterocycles. The quantitative estimate of drug-likeness (QED) is 0.440. The summed E-state index contributed by atoms with van der Waals surface area (Å²) in [6, 6.07) is 13.5. The molecule has 0 aliphatic rings. The van der Waals surface area contributed by atoms with Crippen molar-refractivity contribution in [1.29, 1.82) is 0 Å². The van der Waals surface area contributed by atoms with Gasteiger partial charge < -0.3 is 0 Å². The van der Waals surface area contributed by atoms with Crippen molar-refractivity contribution in [1.82, 2.24) is 0 Å². The minimum absolute atomic E-state index is 0.0458. The van der Waals surface area contributed by atoms with Crippen LogP contribution >= 0.6 is 47.8 Å². The molecular formula is C15H7Br3O. The Labute approximate surface area is 135 Å². The summed E-state index contributed by atoms with van der Waals surface area (Å²) in [6.45, 7) is 0. The summed E-state index contributed by atoms with van der Waals surface area (Å²) in [5.41, 5.74) is 0.0458. The van der Waals surface area contributed by atoms with Gasteiger partial charge in [-0.15, -0.1) is 0 Å². The SMILES string of the molecule is O=c1c2cc(Br)ccc2ccc2cc(Br)c(Br)cc12. The first-order chi connectivity index (χ1) is 9.06. The molecular weight excluding hydrogens is 436 g/mol. The molecule has 94 valence electrons. The standard InChI is InChI=1S/C15H7Br3O/c16-10-4-3-8-1-2-9-5-13(17)14(18)7-12(9)15(19)11(8)6-10/h1-7H. The molecule has 0 aliphatic carbocycles. The van der Waals surface area contributed by atoms with Gasteiger partial charge in [0.25, 0.3) is 0 Å². The summed E-state index contributed by atoms with van der Waals surface area (Å²) >= 11 is 10.3. The van der Waals surface area contributed by atoms with Crippen LogP contribution in [0.5, 0.6) is 0 Å². The van der Waals surface area contributed by atoms with Crippen LogP contribution in [-0.4, -0.2) is 0 Å². The maximum absolute atomic E-state index is 12.6. The third-order valence-electron chi connectivity index (χ3n) is 3.04. The molecule has 0 amide bonds. The van der Waals surface area contributed by atoms with Crippen molar-refractivity contribution in [3.8, 4) is 0 Å². The lowest BCUT2D eigenvalue weighted by Gasteiger charge is -1.97. The number of hydrogen-bond acceptors (Lipinski definition) is 1. The third-order valence-corrected chi connectivity index (χ3v) is 5.38. The molecule has 1 nitrogen and oxygen atoms in total. The summed E-state index contributed by atoms with van der Waals surface area (Å²) in [6.07, 6.45) is 0. The van der Waals surface area contributed by atoms with Gasteiger partial charge >= 0.3 is 0 Å². The molecule has 3 rings (SSSR count). The minimum Gasteiger partial charge on any atom is -0.289 e. The van der Waals surface area contributed by atoms with E-state index in [9.17, 15) is 4.79 Å². The van der Waals surface area contributed by atoms with Crippen LogP contribution in [0, 0.1) is 0 Å². The lowest BCUT2D eigenvalue weighted by atomic mass is 10.1. The Morgan fingerprint density at radius 1 is 0.684 bits per heavy atom. The first-order valence-corrected chi connectivity index (χ1v) is 7.95. The molecule has 4 heteroatoms. The van der Waals surface area contributed by atoms with E-state index in [4.69, 9.17) is 0 Å². The van der Waals surface area contributed by atoms with Gasteiger partial charge in [-0.05, 0) is 66.9 Å². The molecule has 0 aliphatic heterocycles. The molecule has 0 fully saturated rings. The van der Waals surface area contributed by atoms with Gasteiger partial charge in [0.1, 0.15) is 0 Å². The molecule has 0 atom stereocenters. The fourth-order valence-corrected chi connectivity index (χ4v) is 3.16. The predicted molar refractivity (Wildman–Crippen MR) is 90.8 cm³/mol. The Bertz CT molecular complexity index is 872. The summed E-state index contributed by atoms with van der Waals surface area (Å²) in [5.74, 6) is 0. The van der Waals surface area contributed by atoms with E-state index in [1.54, 1.807) is 0 Å². The fourth-order valence-electron chi connectivity index (χ4n) is 2.09. The van der Waals surface area contributed by atoms with Crippen LogP contribution in [0.2, 0.25) is 0 Å². The molecule has 19 heavy (non-hydrogen) atoms. The van der Waals surface area contributed by atoms with Crippen molar-refractivity contribution >= 4 is 69.3 Å². The molecule has 0 heterocycles. The van der Waals surface area contributed by atoms with E-state index in [0.29, 0.717) is 5.39 Å². The van der Waals surface area contributed by atoms with E-state index < -0.39 is 0 Å². The van der Waals surface area contributed by atoms with E-state index in [1.807, 2.05) is 42.5 Å². The zero-order valence-electron chi connectivity index (χ0n) is 9.58. The van der Waals surface area contributed by atoms with Gasteiger partial charge in [-0.2, -0.15) is 0 Å². The van der Waals surface area contributed by atoms with Crippen molar-refractivity contribution in [3.63, 3.8) is 0 Å². The average Bonchev–Trinajstić information content (AvgIpc) is 2.50. The monoisotopic (exact) mass is 440 g/mol. The highest BCUT2D eigenvalue weighted by molar-refractivity contribution is 9.13. The molecule has 0 unspecified atom stereocenters. The molecule has 0 saturated heterocycles. The van der Waals surface area contributed by atoms with Crippen molar-refractivity contribution in [2.45, 2.75) is 0 Å². The van der Waals surface area contributed by atoms with Crippen molar-refractivity contribution < 1.29 is 0 Å². The molecule has 3 aromatic carbocycles. The Morgan fingerprint density at radius 3 is 2.05 bits per heavy atom. The minimum atomic E-state index is 0.0458. The van der Waals surface area contributed by atoms with E-state index in [1.165, 1.54) is 0 Å². The number of halogens is 3. The maximum atomic E-state index is 12.6. The smallest absolute Gasteiger partial charge is 0.194 e. The molecule has 0 radical (unpaired) electrons. The van der Waals surface area contributed by atoms with Crippen LogP contribution in [0.1, 0.15) is 0 Å². The van der Waals surface area contributed by atoms with Crippen LogP contribution in [0.15, 0.2) is 60.7 Å². The molecule has 0 saturated carbocycles. The lowest BCUT2D eigenvalue weighted by Crippen LogP contribution is -1.98. The summed E-state index contributed by atoms with van der Waals surface area (Å²) in [5, 5.41) is 3.30. The van der Waals surface area contributed by atoms with Crippen molar-refractivity contribution in [3.05, 3.63) is 66.1 Å². The number of hydrogen-bond donors (Lipinski definition) is 0. The van der Waals surface area contributed by atoms with Gasteiger partial charge in [0.05, 0.1) is 0 Å². The van der Waals surface area contributed by atoms with Gasteiger partial charge in [-0.25, -0.2) is 0 Å². The highest BCUT2D eigenvalue weighted by Gasteiger charge is 2.06. The number of benzene rings is 2. The average molecular weight is 443 g/mol. The van der Waals surface area contributed by atoms with Crippen molar-refractivity contribution in [2.24, 2.45) is 0 Å². The molecule has 0 N–H and O–H groups in total. The van der Waals surface area contributed by atoms with Crippen LogP contribution in [0.4, 0.5) is 0 Å². The van der Waals surface area contributed by atoms with E-state index in [2.05, 4.69) is 47.8 Å². The van der Waals surface area contributed by atoms with E-state index in [-0.39, 0.29) is 5.43 Å². The highest BCUT2D eigenvalue weighted by atomic mass is 79.9. The van der Waals surface area contributed by atoms with Gasteiger partial charge in [-0.3, -0.25) is 4.79 Å². The van der Waals surface area contributed by atoms with Crippen molar-refractivity contribution in [2.75, 3.05) is 0 Å². The molecule has 3 aromatic rings. The lowest BCUT2D eigenvalue weighted by molar-refractivity contribution is 1.65. The third kappa shape index (κ3) is 2.37. The van der Waals surface area contributed by atoms with E-state index >= 15 is 0 Å². The van der Waals surface area contributed by atoms with Crippen LogP contribution in [0.3, 0.4) is 0 Å². The second-order valence-corrected chi connectivity index (χ2v) is 6.87. The van der Waals surface area contributed by atoms with Gasteiger partial charge in [-0.1, -0.05) is 34.1 Å². The van der Waals surface area contributed by atoms with Crippen LogP contribution < -0.4 is 5.43 Å². The van der Waals surface area contributed by atoms with Crippen LogP contribution in [-0.2, 0) is 0 Å². The Morgan fingerprint density at radius 2 is 1.26 bits per heavy atom. The second-order valence-electron chi connectivity index (χ2n) is 4.25. The summed E-state index contributed by atoms with van der Waals surface area (Å²) < 4.78 is 2.73. The normalized spacial score (nSPS) is 11.1. The Kier molecular flexibility index (Phi) is 3.50. The van der Waals surface area contributed by atoms with Gasteiger partial charge in [0.2, 0.25) is 0 Å². The Hall–Kier alpha value is -0.710. The van der Waals surface area contributed by atoms with E-state index in [0.717, 1.165) is 29.6 Å². The molecule has 0 bridgehead atoms. The Balaban J connectivity index is 2.61. The van der Waals surface area contributed by atoms with Gasteiger partial charge in [0, 0.05) is 24.2 Å². The topological polar surface area (TPSA) is 17.1 Å². The maximum Gasteiger partial charge on any atom is 0.194 e. The second kappa shape index (κ2) is 5.00. The fraction of sp³-hybridized carbons (Fsp3) is 0. The van der Waals surface area contributed by atoms with Gasteiger partial charge in [0.15, 0.2) is 5.43 Å². The first-order valence-electron chi connectivity index (χ1n) is 5.57. The molecule has 0 spiro atoms. The number of rotatable bonds is 0. The van der Waals surface area contributed by atoms with Crippen LogP contribution in [0.25, 0.3) is 21.5 Å². The first kappa shape index (κ1) is 13.3. The largest absolute Gasteiger partial charge is 0.289 e. The summed E-state index contributed by atoms with van der Waals surface area (Å²) in [4.78, 5) is 12.6. The highest BCUT2D eigenvalue weighted by Crippen LogP contribution is 2.28. The zero-order valence-corrected chi connectivity index (χ0v) is 14.3. The number of fused-ring (bicyclic) bond motifs is 2. The summed E-state index contributed by atoms with van der Waals surface area (Å²) in [7, 11) is 0.